The molecule has 2 atom stereocenters. The molecule has 0 amide bonds. The first-order valence-electron chi connectivity index (χ1n) is 6.00. The van der Waals surface area contributed by atoms with Gasteiger partial charge in [0.25, 0.3) is 0 Å². The van der Waals surface area contributed by atoms with Gasteiger partial charge < -0.3 is 14.6 Å². The molecule has 4 heteroatoms. The van der Waals surface area contributed by atoms with E-state index in [1.54, 1.807) is 14.0 Å². The fourth-order valence-corrected chi connectivity index (χ4v) is 2.58. The van der Waals surface area contributed by atoms with Gasteiger partial charge in [-0.1, -0.05) is 6.07 Å². The monoisotopic (exact) mass is 250 g/mol. The standard InChI is InChI=1S/C14H18O4/c1-9(13(15)18-3)14(16)7-6-10-4-5-11(17-2)8-12(10)14/h4-5,8-9,16H,6-7H2,1-3H3. The molecular weight excluding hydrogens is 232 g/mol. The van der Waals surface area contributed by atoms with Crippen LogP contribution in [-0.4, -0.2) is 25.3 Å². The summed E-state index contributed by atoms with van der Waals surface area (Å²) in [5.74, 6) is -0.296. The average molecular weight is 250 g/mol. The van der Waals surface area contributed by atoms with Gasteiger partial charge in [0.1, 0.15) is 11.4 Å². The van der Waals surface area contributed by atoms with Crippen molar-refractivity contribution in [3.8, 4) is 5.75 Å². The third kappa shape index (κ3) is 1.86. The first kappa shape index (κ1) is 12.9. The second-order valence-corrected chi connectivity index (χ2v) is 4.69. The number of ether oxygens (including phenoxy) is 2. The Balaban J connectivity index is 2.42. The predicted molar refractivity (Wildman–Crippen MR) is 66.4 cm³/mol. The van der Waals surface area contributed by atoms with Gasteiger partial charge in [-0.2, -0.15) is 0 Å². The van der Waals surface area contributed by atoms with Gasteiger partial charge in [-0.15, -0.1) is 0 Å². The fraction of sp³-hybridized carbons (Fsp3) is 0.500. The summed E-state index contributed by atoms with van der Waals surface area (Å²) in [6.45, 7) is 1.69. The van der Waals surface area contributed by atoms with E-state index in [0.29, 0.717) is 12.2 Å². The van der Waals surface area contributed by atoms with Gasteiger partial charge in [0.05, 0.1) is 20.1 Å². The van der Waals surface area contributed by atoms with Crippen molar-refractivity contribution in [3.63, 3.8) is 0 Å². The Hall–Kier alpha value is -1.55. The molecule has 1 aliphatic carbocycles. The van der Waals surface area contributed by atoms with Crippen molar-refractivity contribution >= 4 is 5.97 Å². The highest BCUT2D eigenvalue weighted by Gasteiger charge is 2.45. The predicted octanol–water partition coefficient (Wildman–Crippen LogP) is 1.64. The lowest BCUT2D eigenvalue weighted by Gasteiger charge is -2.29. The molecule has 98 valence electrons. The third-order valence-corrected chi connectivity index (χ3v) is 3.83. The van der Waals surface area contributed by atoms with E-state index in [1.807, 2.05) is 18.2 Å². The van der Waals surface area contributed by atoms with Crippen LogP contribution in [0.1, 0.15) is 24.5 Å². The number of aliphatic hydroxyl groups is 1. The van der Waals surface area contributed by atoms with Crippen molar-refractivity contribution < 1.29 is 19.4 Å². The van der Waals surface area contributed by atoms with E-state index in [2.05, 4.69) is 0 Å². The molecule has 1 aliphatic rings. The molecule has 0 aromatic heterocycles. The number of aryl methyl sites for hydroxylation is 1. The highest BCUT2D eigenvalue weighted by molar-refractivity contribution is 5.74. The number of fused-ring (bicyclic) bond motifs is 1. The van der Waals surface area contributed by atoms with Gasteiger partial charge >= 0.3 is 5.97 Å². The molecule has 1 aromatic rings. The Morgan fingerprint density at radius 3 is 2.78 bits per heavy atom. The number of benzene rings is 1. The van der Waals surface area contributed by atoms with Crippen LogP contribution in [0, 0.1) is 5.92 Å². The van der Waals surface area contributed by atoms with E-state index in [1.165, 1.54) is 7.11 Å². The van der Waals surface area contributed by atoms with Crippen LogP contribution < -0.4 is 4.74 Å². The number of rotatable bonds is 3. The Bertz CT molecular complexity index is 469. The van der Waals surface area contributed by atoms with Crippen LogP contribution in [0.15, 0.2) is 18.2 Å². The van der Waals surface area contributed by atoms with Crippen LogP contribution in [0.2, 0.25) is 0 Å². The highest BCUT2D eigenvalue weighted by atomic mass is 16.5. The summed E-state index contributed by atoms with van der Waals surface area (Å²) in [7, 11) is 2.92. The fourth-order valence-electron chi connectivity index (χ4n) is 2.58. The number of hydrogen-bond acceptors (Lipinski definition) is 4. The van der Waals surface area contributed by atoms with Crippen LogP contribution in [0.4, 0.5) is 0 Å². The molecule has 4 nitrogen and oxygen atoms in total. The second-order valence-electron chi connectivity index (χ2n) is 4.69. The molecule has 0 spiro atoms. The number of hydrogen-bond donors (Lipinski definition) is 1. The van der Waals surface area contributed by atoms with E-state index in [0.717, 1.165) is 17.5 Å². The minimum absolute atomic E-state index is 0.395. The van der Waals surface area contributed by atoms with Crippen molar-refractivity contribution in [1.82, 2.24) is 0 Å². The summed E-state index contributed by atoms with van der Waals surface area (Å²) in [4.78, 5) is 11.7. The molecule has 2 rings (SSSR count). The topological polar surface area (TPSA) is 55.8 Å². The van der Waals surface area contributed by atoms with Gasteiger partial charge in [-0.05, 0) is 43.0 Å². The summed E-state index contributed by atoms with van der Waals surface area (Å²) in [6, 6.07) is 5.62. The van der Waals surface area contributed by atoms with Gasteiger partial charge in [0.2, 0.25) is 0 Å². The Morgan fingerprint density at radius 2 is 2.17 bits per heavy atom. The summed E-state index contributed by atoms with van der Waals surface area (Å²) in [5, 5.41) is 10.8. The first-order valence-corrected chi connectivity index (χ1v) is 6.00. The lowest BCUT2D eigenvalue weighted by Crippen LogP contribution is -2.36. The van der Waals surface area contributed by atoms with Crippen LogP contribution in [0.5, 0.6) is 5.75 Å². The van der Waals surface area contributed by atoms with Gasteiger partial charge in [0, 0.05) is 0 Å². The maximum Gasteiger partial charge on any atom is 0.311 e. The molecule has 0 saturated carbocycles. The molecule has 2 unspecified atom stereocenters. The molecule has 0 bridgehead atoms. The van der Waals surface area contributed by atoms with Crippen molar-refractivity contribution in [2.24, 2.45) is 5.92 Å². The average Bonchev–Trinajstić information content (AvgIpc) is 2.75. The largest absolute Gasteiger partial charge is 0.497 e. The molecule has 0 aliphatic heterocycles. The van der Waals surface area contributed by atoms with E-state index in [9.17, 15) is 9.90 Å². The van der Waals surface area contributed by atoms with Crippen LogP contribution in [0.3, 0.4) is 0 Å². The smallest absolute Gasteiger partial charge is 0.311 e. The minimum atomic E-state index is -1.16. The molecule has 0 heterocycles. The lowest BCUT2D eigenvalue weighted by molar-refractivity contribution is -0.155. The van der Waals surface area contributed by atoms with E-state index in [-0.39, 0.29) is 0 Å². The molecule has 0 saturated heterocycles. The molecule has 1 aromatic carbocycles. The zero-order valence-corrected chi connectivity index (χ0v) is 10.9. The van der Waals surface area contributed by atoms with Crippen molar-refractivity contribution in [2.45, 2.75) is 25.4 Å². The minimum Gasteiger partial charge on any atom is -0.497 e. The van der Waals surface area contributed by atoms with E-state index < -0.39 is 17.5 Å². The highest BCUT2D eigenvalue weighted by Crippen LogP contribution is 2.43. The van der Waals surface area contributed by atoms with Crippen molar-refractivity contribution in [1.29, 1.82) is 0 Å². The number of methoxy groups -OCH3 is 2. The van der Waals surface area contributed by atoms with E-state index >= 15 is 0 Å². The zero-order valence-electron chi connectivity index (χ0n) is 10.9. The number of carbonyl (C=O) groups is 1. The molecule has 0 fully saturated rings. The van der Waals surface area contributed by atoms with Crippen molar-refractivity contribution in [2.75, 3.05) is 14.2 Å². The summed E-state index contributed by atoms with van der Waals surface area (Å²) in [6.07, 6.45) is 1.29. The van der Waals surface area contributed by atoms with Crippen LogP contribution in [-0.2, 0) is 21.6 Å². The number of carbonyl (C=O) groups excluding carboxylic acids is 1. The van der Waals surface area contributed by atoms with Crippen LogP contribution >= 0.6 is 0 Å². The lowest BCUT2D eigenvalue weighted by atomic mass is 9.83. The summed E-state index contributed by atoms with van der Waals surface area (Å²) < 4.78 is 9.90. The maximum absolute atomic E-state index is 11.7. The number of esters is 1. The first-order chi connectivity index (χ1) is 8.52. The molecule has 18 heavy (non-hydrogen) atoms. The van der Waals surface area contributed by atoms with Crippen molar-refractivity contribution in [3.05, 3.63) is 29.3 Å². The quantitative estimate of drug-likeness (QED) is 0.829. The van der Waals surface area contributed by atoms with Gasteiger partial charge in [0.15, 0.2) is 0 Å². The Morgan fingerprint density at radius 1 is 1.44 bits per heavy atom. The molecule has 0 radical (unpaired) electrons. The Labute approximate surface area is 107 Å². The normalized spacial score (nSPS) is 23.3. The van der Waals surface area contributed by atoms with Gasteiger partial charge in [-0.25, -0.2) is 0 Å². The molecular formula is C14H18O4. The van der Waals surface area contributed by atoms with E-state index in [4.69, 9.17) is 9.47 Å². The second kappa shape index (κ2) is 4.61. The summed E-state index contributed by atoms with van der Waals surface area (Å²) >= 11 is 0. The zero-order chi connectivity index (χ0) is 13.3. The molecule has 1 N–H and O–H groups in total. The Kier molecular flexibility index (Phi) is 3.30. The third-order valence-electron chi connectivity index (χ3n) is 3.83. The maximum atomic E-state index is 11.7. The summed E-state index contributed by atoms with van der Waals surface area (Å²) in [5.41, 5.74) is 0.686. The van der Waals surface area contributed by atoms with Crippen LogP contribution in [0.25, 0.3) is 0 Å². The van der Waals surface area contributed by atoms with Gasteiger partial charge in [-0.3, -0.25) is 4.79 Å². The SMILES string of the molecule is COC(=O)C(C)C1(O)CCc2ccc(OC)cc21.